The van der Waals surface area contributed by atoms with Gasteiger partial charge in [0, 0.05) is 27.1 Å². The molecule has 3 rings (SSSR count). The minimum absolute atomic E-state index is 0.502. The first-order valence-electron chi connectivity index (χ1n) is 6.57. The average molecular weight is 376 g/mol. The zero-order chi connectivity index (χ0) is 15.4. The van der Waals surface area contributed by atoms with Crippen LogP contribution >= 0.6 is 27.5 Å². The molecule has 0 aliphatic rings. The van der Waals surface area contributed by atoms with Crippen molar-refractivity contribution in [2.24, 2.45) is 0 Å². The van der Waals surface area contributed by atoms with Gasteiger partial charge in [-0.25, -0.2) is 4.98 Å². The molecule has 1 heterocycles. The van der Waals surface area contributed by atoms with Gasteiger partial charge in [-0.1, -0.05) is 39.7 Å². The monoisotopic (exact) mass is 374 g/mol. The molecule has 0 fully saturated rings. The van der Waals surface area contributed by atoms with Crippen LogP contribution in [0.4, 0.5) is 23.1 Å². The first kappa shape index (κ1) is 14.8. The number of aromatic nitrogens is 2. The van der Waals surface area contributed by atoms with Gasteiger partial charge in [0.15, 0.2) is 0 Å². The summed E-state index contributed by atoms with van der Waals surface area (Å²) >= 11 is 9.41. The molecule has 0 aliphatic heterocycles. The molecule has 110 valence electrons. The van der Waals surface area contributed by atoms with Gasteiger partial charge in [0.05, 0.1) is 0 Å². The lowest BCUT2D eigenvalue weighted by Gasteiger charge is -2.09. The number of rotatable bonds is 4. The van der Waals surface area contributed by atoms with E-state index in [1.165, 1.54) is 0 Å². The molecule has 0 unspecified atom stereocenters. The van der Waals surface area contributed by atoms with Crippen molar-refractivity contribution < 1.29 is 0 Å². The van der Waals surface area contributed by atoms with E-state index in [2.05, 4.69) is 36.5 Å². The molecule has 0 saturated heterocycles. The topological polar surface area (TPSA) is 49.8 Å². The Balaban J connectivity index is 1.78. The minimum Gasteiger partial charge on any atom is -0.340 e. The lowest BCUT2D eigenvalue weighted by molar-refractivity contribution is 1.17. The molecule has 0 aliphatic carbocycles. The number of hydrogen-bond acceptors (Lipinski definition) is 4. The molecule has 2 aromatic carbocycles. The number of benzene rings is 2. The van der Waals surface area contributed by atoms with Gasteiger partial charge < -0.3 is 10.6 Å². The van der Waals surface area contributed by atoms with Crippen LogP contribution in [-0.4, -0.2) is 9.97 Å². The Kier molecular flexibility index (Phi) is 4.56. The lowest BCUT2D eigenvalue weighted by Crippen LogP contribution is -2.00. The third-order valence-electron chi connectivity index (χ3n) is 2.83. The molecule has 22 heavy (non-hydrogen) atoms. The van der Waals surface area contributed by atoms with Crippen molar-refractivity contribution in [2.45, 2.75) is 0 Å². The Morgan fingerprint density at radius 1 is 0.909 bits per heavy atom. The van der Waals surface area contributed by atoms with Gasteiger partial charge in [-0.05, 0) is 42.5 Å². The van der Waals surface area contributed by atoms with Crippen LogP contribution in [0.1, 0.15) is 0 Å². The Morgan fingerprint density at radius 2 is 1.68 bits per heavy atom. The van der Waals surface area contributed by atoms with E-state index in [1.807, 2.05) is 54.6 Å². The van der Waals surface area contributed by atoms with E-state index in [0.29, 0.717) is 16.8 Å². The van der Waals surface area contributed by atoms with E-state index in [9.17, 15) is 0 Å². The Hall–Kier alpha value is -2.11. The zero-order valence-corrected chi connectivity index (χ0v) is 13.8. The predicted octanol–water partition coefficient (Wildman–Crippen LogP) is 5.38. The van der Waals surface area contributed by atoms with Crippen LogP contribution < -0.4 is 10.6 Å². The number of nitrogens with zero attached hydrogens (tertiary/aromatic N) is 2. The molecule has 2 N–H and O–H groups in total. The molecule has 0 saturated carbocycles. The smallest absolute Gasteiger partial charge is 0.229 e. The Bertz CT molecular complexity index is 732. The quantitative estimate of drug-likeness (QED) is 0.643. The summed E-state index contributed by atoms with van der Waals surface area (Å²) in [5.74, 6) is 1.21. The number of hydrogen-bond donors (Lipinski definition) is 2. The maximum atomic E-state index is 5.97. The second-order valence-corrected chi connectivity index (χ2v) is 5.89. The van der Waals surface area contributed by atoms with Gasteiger partial charge in [0.2, 0.25) is 5.95 Å². The summed E-state index contributed by atoms with van der Waals surface area (Å²) < 4.78 is 1.00. The summed E-state index contributed by atoms with van der Waals surface area (Å²) in [6, 6.07) is 17.1. The molecule has 4 nitrogen and oxygen atoms in total. The summed E-state index contributed by atoms with van der Waals surface area (Å²) in [4.78, 5) is 8.64. The van der Waals surface area contributed by atoms with Gasteiger partial charge in [-0.3, -0.25) is 0 Å². The van der Waals surface area contributed by atoms with Crippen molar-refractivity contribution >= 4 is 50.7 Å². The van der Waals surface area contributed by atoms with E-state index >= 15 is 0 Å². The van der Waals surface area contributed by atoms with Crippen LogP contribution in [0, 0.1) is 0 Å². The van der Waals surface area contributed by atoms with Crippen molar-refractivity contribution in [2.75, 3.05) is 10.6 Å². The van der Waals surface area contributed by atoms with Gasteiger partial charge >= 0.3 is 0 Å². The Morgan fingerprint density at radius 3 is 2.45 bits per heavy atom. The minimum atomic E-state index is 0.502. The second kappa shape index (κ2) is 6.77. The van der Waals surface area contributed by atoms with Crippen molar-refractivity contribution in [3.8, 4) is 0 Å². The second-order valence-electron chi connectivity index (χ2n) is 4.54. The van der Waals surface area contributed by atoms with Crippen LogP contribution in [-0.2, 0) is 0 Å². The highest BCUT2D eigenvalue weighted by molar-refractivity contribution is 9.10. The fourth-order valence-electron chi connectivity index (χ4n) is 1.90. The fraction of sp³-hybridized carbons (Fsp3) is 0. The highest BCUT2D eigenvalue weighted by Gasteiger charge is 2.02. The van der Waals surface area contributed by atoms with Crippen LogP contribution in [0.25, 0.3) is 0 Å². The van der Waals surface area contributed by atoms with Crippen LogP contribution in [0.3, 0.4) is 0 Å². The van der Waals surface area contributed by atoms with Gasteiger partial charge in [0.25, 0.3) is 0 Å². The van der Waals surface area contributed by atoms with Crippen molar-refractivity contribution in [3.63, 3.8) is 0 Å². The normalized spacial score (nSPS) is 10.3. The maximum Gasteiger partial charge on any atom is 0.229 e. The molecular weight excluding hydrogens is 364 g/mol. The number of halogens is 2. The largest absolute Gasteiger partial charge is 0.340 e. The van der Waals surface area contributed by atoms with E-state index < -0.39 is 0 Å². The third-order valence-corrected chi connectivity index (χ3v) is 3.56. The third kappa shape index (κ3) is 3.96. The van der Waals surface area contributed by atoms with E-state index in [0.717, 1.165) is 15.8 Å². The SMILES string of the molecule is Clc1cccc(Nc2nccc(Nc3cccc(Br)c3)n2)c1. The molecule has 0 radical (unpaired) electrons. The highest BCUT2D eigenvalue weighted by Crippen LogP contribution is 2.21. The summed E-state index contributed by atoms with van der Waals surface area (Å²) in [6.07, 6.45) is 1.69. The summed E-state index contributed by atoms with van der Waals surface area (Å²) in [5.41, 5.74) is 1.79. The predicted molar refractivity (Wildman–Crippen MR) is 94.2 cm³/mol. The van der Waals surface area contributed by atoms with Crippen LogP contribution in [0.2, 0.25) is 5.02 Å². The lowest BCUT2D eigenvalue weighted by atomic mass is 10.3. The summed E-state index contributed by atoms with van der Waals surface area (Å²) in [6.45, 7) is 0. The van der Waals surface area contributed by atoms with Crippen LogP contribution in [0.5, 0.6) is 0 Å². The van der Waals surface area contributed by atoms with Gasteiger partial charge in [0.1, 0.15) is 5.82 Å². The highest BCUT2D eigenvalue weighted by atomic mass is 79.9. The van der Waals surface area contributed by atoms with Crippen molar-refractivity contribution in [1.29, 1.82) is 0 Å². The maximum absolute atomic E-state index is 5.97. The molecule has 0 atom stereocenters. The summed E-state index contributed by atoms with van der Waals surface area (Å²) in [7, 11) is 0. The van der Waals surface area contributed by atoms with Gasteiger partial charge in [-0.15, -0.1) is 0 Å². The Labute approximate surface area is 141 Å². The van der Waals surface area contributed by atoms with Crippen LogP contribution in [0.15, 0.2) is 65.3 Å². The molecule has 0 bridgehead atoms. The van der Waals surface area contributed by atoms with Crippen molar-refractivity contribution in [1.82, 2.24) is 9.97 Å². The number of anilines is 4. The molecule has 0 amide bonds. The van der Waals surface area contributed by atoms with E-state index in [4.69, 9.17) is 11.6 Å². The molecular formula is C16H12BrClN4. The van der Waals surface area contributed by atoms with Gasteiger partial charge in [-0.2, -0.15) is 4.98 Å². The van der Waals surface area contributed by atoms with Crippen molar-refractivity contribution in [3.05, 3.63) is 70.3 Å². The van der Waals surface area contributed by atoms with E-state index in [1.54, 1.807) is 6.20 Å². The summed E-state index contributed by atoms with van der Waals surface area (Å²) in [5, 5.41) is 7.02. The first-order valence-corrected chi connectivity index (χ1v) is 7.74. The molecule has 0 spiro atoms. The molecule has 3 aromatic rings. The molecule has 6 heteroatoms. The zero-order valence-electron chi connectivity index (χ0n) is 11.4. The fourth-order valence-corrected chi connectivity index (χ4v) is 2.49. The number of nitrogens with one attached hydrogen (secondary N) is 2. The standard InChI is InChI=1S/C16H12BrClN4/c17-11-3-1-5-13(9-11)20-15-7-8-19-16(22-15)21-14-6-2-4-12(18)10-14/h1-10H,(H2,19,20,21,22). The first-order chi connectivity index (χ1) is 10.7. The molecule has 1 aromatic heterocycles. The van der Waals surface area contributed by atoms with E-state index in [-0.39, 0.29) is 0 Å². The average Bonchev–Trinajstić information content (AvgIpc) is 2.47.